The number of anilines is 2. The van der Waals surface area contributed by atoms with Crippen molar-refractivity contribution in [2.24, 2.45) is 5.92 Å². The van der Waals surface area contributed by atoms with Gasteiger partial charge in [0, 0.05) is 54.1 Å². The van der Waals surface area contributed by atoms with Gasteiger partial charge in [-0.3, -0.25) is 4.90 Å². The molecule has 1 saturated carbocycles. The van der Waals surface area contributed by atoms with Crippen molar-refractivity contribution in [3.8, 4) is 23.2 Å². The predicted molar refractivity (Wildman–Crippen MR) is 186 cm³/mol. The lowest BCUT2D eigenvalue weighted by Crippen LogP contribution is -2.61. The highest BCUT2D eigenvalue weighted by molar-refractivity contribution is 7.23. The Labute approximate surface area is 285 Å². The molecule has 2 bridgehead atoms. The van der Waals surface area contributed by atoms with Gasteiger partial charge < -0.3 is 20.7 Å². The molecule has 2 aromatic heterocycles. The third-order valence-corrected chi connectivity index (χ3v) is 12.5. The second-order valence-electron chi connectivity index (χ2n) is 14.4. The van der Waals surface area contributed by atoms with Gasteiger partial charge in [-0.25, -0.2) is 8.78 Å². The van der Waals surface area contributed by atoms with E-state index in [-0.39, 0.29) is 59.4 Å². The fourth-order valence-corrected chi connectivity index (χ4v) is 10.3. The fraction of sp³-hybridized carbons (Fsp3) is 0.417. The number of nitrogens with zero attached hydrogens (tertiary/aromatic N) is 5. The number of benzene rings is 2. The van der Waals surface area contributed by atoms with Gasteiger partial charge in [0.15, 0.2) is 5.82 Å². The van der Waals surface area contributed by atoms with E-state index in [1.807, 2.05) is 0 Å². The molecule has 6 heterocycles. The molecule has 12 heteroatoms. The van der Waals surface area contributed by atoms with Crippen LogP contribution in [0.15, 0.2) is 42.5 Å². The number of fused-ring (bicyclic) bond motifs is 5. The number of ether oxygens (including phenoxy) is 1. The monoisotopic (exact) mass is 685 g/mol. The molecule has 5 aliphatic rings. The van der Waals surface area contributed by atoms with E-state index >= 15 is 4.39 Å². The fourth-order valence-electron chi connectivity index (χ4n) is 9.04. The number of aromatic nitrogens is 2. The van der Waals surface area contributed by atoms with Crippen LogP contribution in [0.5, 0.6) is 6.01 Å². The van der Waals surface area contributed by atoms with Crippen molar-refractivity contribution in [1.29, 1.82) is 5.26 Å². The van der Waals surface area contributed by atoms with Crippen LogP contribution in [-0.4, -0.2) is 64.8 Å². The lowest BCUT2D eigenvalue weighted by Gasteiger charge is -2.42. The van der Waals surface area contributed by atoms with Crippen molar-refractivity contribution in [3.05, 3.63) is 64.7 Å². The first kappa shape index (κ1) is 30.3. The maximum absolute atomic E-state index is 17.2. The van der Waals surface area contributed by atoms with Crippen molar-refractivity contribution in [3.63, 3.8) is 0 Å². The van der Waals surface area contributed by atoms with Gasteiger partial charge in [-0.15, -0.1) is 11.3 Å². The van der Waals surface area contributed by atoms with Crippen molar-refractivity contribution < 1.29 is 13.5 Å². The zero-order valence-corrected chi connectivity index (χ0v) is 27.9. The van der Waals surface area contributed by atoms with Crippen LogP contribution in [0.3, 0.4) is 0 Å². The zero-order chi connectivity index (χ0) is 33.1. The summed E-state index contributed by atoms with van der Waals surface area (Å²) in [6, 6.07) is 6.85. The molecule has 2 aromatic carbocycles. The smallest absolute Gasteiger partial charge is 0.319 e. The molecule has 246 valence electrons. The van der Waals surface area contributed by atoms with Gasteiger partial charge in [-0.1, -0.05) is 42.0 Å². The first-order valence-corrected chi connectivity index (χ1v) is 17.6. The van der Waals surface area contributed by atoms with Crippen LogP contribution in [0.1, 0.15) is 44.1 Å². The molecular formula is C36H34ClF2N7OS. The van der Waals surface area contributed by atoms with Crippen LogP contribution < -0.4 is 20.7 Å². The normalized spacial score (nSPS) is 25.0. The van der Waals surface area contributed by atoms with E-state index in [9.17, 15) is 9.65 Å². The Bertz CT molecular complexity index is 2120. The Morgan fingerprint density at radius 2 is 1.94 bits per heavy atom. The Hall–Kier alpha value is -3.82. The van der Waals surface area contributed by atoms with Gasteiger partial charge in [-0.05, 0) is 62.1 Å². The summed E-state index contributed by atoms with van der Waals surface area (Å²) in [4.78, 5) is 14.3. The van der Waals surface area contributed by atoms with E-state index in [1.165, 1.54) is 25.0 Å². The molecule has 9 rings (SSSR count). The summed E-state index contributed by atoms with van der Waals surface area (Å²) in [6.45, 7) is 11.8. The summed E-state index contributed by atoms with van der Waals surface area (Å²) >= 11 is 7.90. The summed E-state index contributed by atoms with van der Waals surface area (Å²) < 4.78 is 38.7. The average molecular weight is 686 g/mol. The van der Waals surface area contributed by atoms with E-state index in [0.29, 0.717) is 29.8 Å². The number of nitriles is 1. The molecule has 0 unspecified atom stereocenters. The molecule has 1 aliphatic carbocycles. The highest BCUT2D eigenvalue weighted by Crippen LogP contribution is 2.50. The second-order valence-corrected chi connectivity index (χ2v) is 15.9. The minimum Gasteiger partial charge on any atom is -0.461 e. The number of halogens is 3. The molecule has 8 nitrogen and oxygen atoms in total. The Balaban J connectivity index is 1.21. The first-order valence-electron chi connectivity index (χ1n) is 16.4. The predicted octanol–water partition coefficient (Wildman–Crippen LogP) is 6.96. The van der Waals surface area contributed by atoms with Crippen LogP contribution in [0, 0.1) is 28.9 Å². The summed E-state index contributed by atoms with van der Waals surface area (Å²) in [5, 5.41) is 14.8. The second kappa shape index (κ2) is 10.6. The molecule has 48 heavy (non-hydrogen) atoms. The van der Waals surface area contributed by atoms with Crippen LogP contribution in [0.4, 0.5) is 19.6 Å². The number of nitrogen functional groups attached to an aromatic ring is 1. The van der Waals surface area contributed by atoms with Gasteiger partial charge in [0.2, 0.25) is 0 Å². The number of piperazine rings is 1. The third kappa shape index (κ3) is 4.49. The molecule has 5 fully saturated rings. The highest BCUT2D eigenvalue weighted by atomic mass is 35.5. The molecule has 2 atom stereocenters. The topological polar surface area (TPSA) is 103 Å². The third-order valence-electron chi connectivity index (χ3n) is 11.2. The lowest BCUT2D eigenvalue weighted by molar-refractivity contribution is 0.108. The van der Waals surface area contributed by atoms with E-state index in [4.69, 9.17) is 32.0 Å². The molecular weight excluding hydrogens is 652 g/mol. The number of rotatable bonds is 6. The van der Waals surface area contributed by atoms with Gasteiger partial charge in [0.1, 0.15) is 34.8 Å². The maximum Gasteiger partial charge on any atom is 0.319 e. The highest BCUT2D eigenvalue weighted by Gasteiger charge is 2.53. The van der Waals surface area contributed by atoms with Crippen LogP contribution in [-0.2, 0) is 0 Å². The van der Waals surface area contributed by atoms with Gasteiger partial charge in [0.05, 0.1) is 20.8 Å². The van der Waals surface area contributed by atoms with Crippen molar-refractivity contribution in [2.75, 3.05) is 43.4 Å². The van der Waals surface area contributed by atoms with Gasteiger partial charge in [-0.2, -0.15) is 15.2 Å². The Morgan fingerprint density at radius 3 is 2.67 bits per heavy atom. The number of nitrogens with one attached hydrogen (secondary N) is 1. The number of hydrogen-bond donors (Lipinski definition) is 2. The summed E-state index contributed by atoms with van der Waals surface area (Å²) in [5.74, 6) is -0.0279. The van der Waals surface area contributed by atoms with Crippen molar-refractivity contribution in [1.82, 2.24) is 20.2 Å². The number of hydrogen-bond acceptors (Lipinski definition) is 9. The number of thiophene rings is 1. The van der Waals surface area contributed by atoms with Crippen molar-refractivity contribution >= 4 is 54.7 Å². The van der Waals surface area contributed by atoms with Gasteiger partial charge >= 0.3 is 6.01 Å². The van der Waals surface area contributed by atoms with Crippen LogP contribution in [0.2, 0.25) is 5.02 Å². The van der Waals surface area contributed by atoms with E-state index in [2.05, 4.69) is 34.3 Å². The minimum atomic E-state index is -0.689. The summed E-state index contributed by atoms with van der Waals surface area (Å²) in [7, 11) is 0. The molecule has 3 N–H and O–H groups in total. The summed E-state index contributed by atoms with van der Waals surface area (Å²) in [6.07, 6.45) is 6.16. The average Bonchev–Trinajstić information content (AvgIpc) is 3.61. The van der Waals surface area contributed by atoms with Crippen LogP contribution in [0.25, 0.3) is 32.1 Å². The van der Waals surface area contributed by atoms with Crippen LogP contribution >= 0.6 is 22.9 Å². The first-order chi connectivity index (χ1) is 23.1. The zero-order valence-electron chi connectivity index (χ0n) is 26.3. The molecule has 0 radical (unpaired) electrons. The quantitative estimate of drug-likeness (QED) is 0.210. The molecule has 4 saturated heterocycles. The van der Waals surface area contributed by atoms with Gasteiger partial charge in [0.25, 0.3) is 0 Å². The summed E-state index contributed by atoms with van der Waals surface area (Å²) in [5.41, 5.74) is 8.58. The van der Waals surface area contributed by atoms with E-state index in [0.717, 1.165) is 74.3 Å². The largest absolute Gasteiger partial charge is 0.461 e. The number of nitrogens with two attached hydrogens (primary N) is 1. The lowest BCUT2D eigenvalue weighted by atomic mass is 9.90. The standard InChI is InChI=1S/C36H34ClF2N7OS/c1-18-10-35(11-19(2)14-46(35)13-18)17-47-34-42-30-23(33(43-34)45-15-21-7-8-36(16-45,44-21)20-3-4-20)9-25(37)28(29(30)39)22-5-6-26(38)31-27(22)24(12-40)32(41)48-31/h5-6,9,20-21,44H,1-4,7-8,10-11,13-17,41H2/t21-,36+/m0/s1. The molecule has 4 aromatic rings. The van der Waals surface area contributed by atoms with E-state index < -0.39 is 11.6 Å². The molecule has 0 spiro atoms. The maximum atomic E-state index is 17.2. The minimum absolute atomic E-state index is 0.00364. The Kier molecular flexibility index (Phi) is 6.67. The van der Waals surface area contributed by atoms with Crippen molar-refractivity contribution in [2.45, 2.75) is 55.6 Å². The molecule has 4 aliphatic heterocycles. The Morgan fingerprint density at radius 1 is 1.17 bits per heavy atom. The SMILES string of the molecule is C=C1CN2CC(=C)CC2(COc2nc(N3C[C@@H]4CC[C@](C5CC5)(C3)N4)c3cc(Cl)c(-c4ccc(F)c5sc(N)c(C#N)c45)c(F)c3n2)C1. The molecule has 0 amide bonds. The van der Waals surface area contributed by atoms with E-state index in [1.54, 1.807) is 6.07 Å².